The van der Waals surface area contributed by atoms with Crippen molar-refractivity contribution < 1.29 is 22.8 Å². The Morgan fingerprint density at radius 2 is 1.61 bits per heavy atom. The van der Waals surface area contributed by atoms with Crippen molar-refractivity contribution in [2.24, 2.45) is 0 Å². The van der Waals surface area contributed by atoms with Crippen LogP contribution in [0.5, 0.6) is 0 Å². The number of benzene rings is 2. The Kier molecular flexibility index (Phi) is 4.54. The summed E-state index contributed by atoms with van der Waals surface area (Å²) >= 11 is 0. The normalized spacial score (nSPS) is 11.2. The number of carbonyl (C=O) groups is 2. The minimum absolute atomic E-state index is 0.0804. The molecular formula is C17H14F3NO2. The van der Waals surface area contributed by atoms with Gasteiger partial charge < -0.3 is 5.32 Å². The molecule has 3 nitrogen and oxygen atoms in total. The minimum Gasteiger partial charge on any atom is -0.322 e. The Labute approximate surface area is 131 Å². The van der Waals surface area contributed by atoms with Crippen molar-refractivity contribution in [1.29, 1.82) is 0 Å². The molecule has 0 bridgehead atoms. The Morgan fingerprint density at radius 3 is 2.09 bits per heavy atom. The van der Waals surface area contributed by atoms with Crippen molar-refractivity contribution in [3.05, 3.63) is 64.7 Å². The van der Waals surface area contributed by atoms with E-state index in [4.69, 9.17) is 0 Å². The Balaban J connectivity index is 2.16. The zero-order valence-corrected chi connectivity index (χ0v) is 12.5. The van der Waals surface area contributed by atoms with E-state index in [9.17, 15) is 22.8 Å². The predicted octanol–water partition coefficient (Wildman–Crippen LogP) is 4.47. The highest BCUT2D eigenvalue weighted by atomic mass is 19.4. The van der Waals surface area contributed by atoms with E-state index in [2.05, 4.69) is 5.32 Å². The smallest absolute Gasteiger partial charge is 0.322 e. The molecule has 0 aliphatic carbocycles. The van der Waals surface area contributed by atoms with Crippen molar-refractivity contribution in [2.45, 2.75) is 20.0 Å². The first-order chi connectivity index (χ1) is 10.7. The lowest BCUT2D eigenvalue weighted by Crippen LogP contribution is -2.13. The first kappa shape index (κ1) is 16.7. The molecule has 2 rings (SSSR count). The number of anilines is 1. The van der Waals surface area contributed by atoms with Gasteiger partial charge in [0.15, 0.2) is 5.78 Å². The predicted molar refractivity (Wildman–Crippen MR) is 80.6 cm³/mol. The number of halogens is 3. The number of ketones is 1. The maximum absolute atomic E-state index is 12.5. The van der Waals surface area contributed by atoms with E-state index < -0.39 is 17.6 Å². The number of amides is 1. The number of hydrogen-bond donors (Lipinski definition) is 1. The maximum Gasteiger partial charge on any atom is 0.416 e. The van der Waals surface area contributed by atoms with Gasteiger partial charge in [0.1, 0.15) is 0 Å². The van der Waals surface area contributed by atoms with Gasteiger partial charge >= 0.3 is 6.18 Å². The van der Waals surface area contributed by atoms with Crippen LogP contribution < -0.4 is 5.32 Å². The summed E-state index contributed by atoms with van der Waals surface area (Å²) < 4.78 is 37.5. The fourth-order valence-electron chi connectivity index (χ4n) is 2.15. The van der Waals surface area contributed by atoms with Gasteiger partial charge in [-0.05, 0) is 61.9 Å². The van der Waals surface area contributed by atoms with Crippen LogP contribution in [-0.2, 0) is 6.18 Å². The molecule has 1 N–H and O–H groups in total. The molecule has 0 aromatic heterocycles. The van der Waals surface area contributed by atoms with Crippen LogP contribution in [0.3, 0.4) is 0 Å². The van der Waals surface area contributed by atoms with Crippen molar-refractivity contribution in [3.8, 4) is 0 Å². The lowest BCUT2D eigenvalue weighted by Gasteiger charge is -2.10. The van der Waals surface area contributed by atoms with Crippen LogP contribution in [0.4, 0.5) is 18.9 Å². The molecule has 2 aromatic rings. The molecule has 0 saturated carbocycles. The molecule has 0 radical (unpaired) electrons. The first-order valence-electron chi connectivity index (χ1n) is 6.78. The molecular weight excluding hydrogens is 307 g/mol. The average molecular weight is 321 g/mol. The molecule has 0 aliphatic rings. The van der Waals surface area contributed by atoms with E-state index in [0.29, 0.717) is 16.8 Å². The highest BCUT2D eigenvalue weighted by molar-refractivity contribution is 6.04. The zero-order chi connectivity index (χ0) is 17.2. The second-order valence-electron chi connectivity index (χ2n) is 5.12. The van der Waals surface area contributed by atoms with E-state index in [0.717, 1.165) is 24.3 Å². The van der Waals surface area contributed by atoms with Gasteiger partial charge in [0.25, 0.3) is 5.91 Å². The van der Waals surface area contributed by atoms with Crippen molar-refractivity contribution in [1.82, 2.24) is 0 Å². The van der Waals surface area contributed by atoms with Gasteiger partial charge in [0.05, 0.1) is 5.56 Å². The number of alkyl halides is 3. The number of rotatable bonds is 3. The van der Waals surface area contributed by atoms with Crippen molar-refractivity contribution >= 4 is 17.4 Å². The molecule has 0 fully saturated rings. The summed E-state index contributed by atoms with van der Waals surface area (Å²) in [4.78, 5) is 23.4. The highest BCUT2D eigenvalue weighted by Crippen LogP contribution is 2.29. The fourth-order valence-corrected chi connectivity index (χ4v) is 2.15. The molecule has 23 heavy (non-hydrogen) atoms. The second-order valence-corrected chi connectivity index (χ2v) is 5.12. The number of aryl methyl sites for hydroxylation is 1. The zero-order valence-electron chi connectivity index (χ0n) is 12.5. The molecule has 0 unspecified atom stereocenters. The lowest BCUT2D eigenvalue weighted by molar-refractivity contribution is -0.137. The van der Waals surface area contributed by atoms with E-state index in [1.54, 1.807) is 25.1 Å². The summed E-state index contributed by atoms with van der Waals surface area (Å²) in [6.45, 7) is 3.19. The average Bonchev–Trinajstić information content (AvgIpc) is 2.46. The van der Waals surface area contributed by atoms with Gasteiger partial charge in [-0.15, -0.1) is 0 Å². The van der Waals surface area contributed by atoms with Crippen LogP contribution in [0, 0.1) is 6.92 Å². The molecule has 0 atom stereocenters. The van der Waals surface area contributed by atoms with Crippen LogP contribution in [0.15, 0.2) is 42.5 Å². The highest BCUT2D eigenvalue weighted by Gasteiger charge is 2.30. The molecule has 0 aliphatic heterocycles. The van der Waals surface area contributed by atoms with Crippen LogP contribution in [0.25, 0.3) is 0 Å². The van der Waals surface area contributed by atoms with Crippen molar-refractivity contribution in [3.63, 3.8) is 0 Å². The van der Waals surface area contributed by atoms with Crippen LogP contribution >= 0.6 is 0 Å². The van der Waals surface area contributed by atoms with Crippen LogP contribution in [0.2, 0.25) is 0 Å². The van der Waals surface area contributed by atoms with Crippen LogP contribution in [0.1, 0.15) is 38.8 Å². The van der Waals surface area contributed by atoms with Gasteiger partial charge in [-0.3, -0.25) is 9.59 Å². The minimum atomic E-state index is -4.44. The number of nitrogens with one attached hydrogen (secondary N) is 1. The second kappa shape index (κ2) is 6.24. The summed E-state index contributed by atoms with van der Waals surface area (Å²) in [5, 5.41) is 2.59. The number of Topliss-reactive ketones (excluding diaryl/α,β-unsaturated/α-hetero) is 1. The van der Waals surface area contributed by atoms with Gasteiger partial charge in [-0.1, -0.05) is 0 Å². The summed E-state index contributed by atoms with van der Waals surface area (Å²) in [6, 6.07) is 8.77. The molecule has 0 spiro atoms. The Bertz CT molecular complexity index is 749. The first-order valence-corrected chi connectivity index (χ1v) is 6.78. The third-order valence-electron chi connectivity index (χ3n) is 3.34. The molecule has 1 amide bonds. The fraction of sp³-hybridized carbons (Fsp3) is 0.176. The van der Waals surface area contributed by atoms with E-state index in [1.165, 1.54) is 6.92 Å². The van der Waals surface area contributed by atoms with Gasteiger partial charge in [0, 0.05) is 16.8 Å². The third-order valence-corrected chi connectivity index (χ3v) is 3.34. The SMILES string of the molecule is CC(=O)c1ccc(NC(=O)c2ccc(C(F)(F)F)cc2)cc1C. The summed E-state index contributed by atoms with van der Waals surface area (Å²) in [5.41, 5.74) is 1.04. The Morgan fingerprint density at radius 1 is 1.00 bits per heavy atom. The molecule has 0 heterocycles. The van der Waals surface area contributed by atoms with Crippen molar-refractivity contribution in [2.75, 3.05) is 5.32 Å². The summed E-state index contributed by atoms with van der Waals surface area (Å²) in [7, 11) is 0. The van der Waals surface area contributed by atoms with E-state index in [-0.39, 0.29) is 11.3 Å². The maximum atomic E-state index is 12.5. The Hall–Kier alpha value is -2.63. The topological polar surface area (TPSA) is 46.2 Å². The lowest BCUT2D eigenvalue weighted by atomic mass is 10.0. The molecule has 120 valence electrons. The van der Waals surface area contributed by atoms with Gasteiger partial charge in [-0.2, -0.15) is 13.2 Å². The summed E-state index contributed by atoms with van der Waals surface area (Å²) in [5.74, 6) is -0.600. The standard InChI is InChI=1S/C17H14F3NO2/c1-10-9-14(7-8-15(10)11(2)22)21-16(23)12-3-5-13(6-4-12)17(18,19)20/h3-9H,1-2H3,(H,21,23). The quantitative estimate of drug-likeness (QED) is 0.848. The summed E-state index contributed by atoms with van der Waals surface area (Å²) in [6.07, 6.45) is -4.44. The molecule has 0 saturated heterocycles. The number of carbonyl (C=O) groups excluding carboxylic acids is 2. The van der Waals surface area contributed by atoms with E-state index >= 15 is 0 Å². The monoisotopic (exact) mass is 321 g/mol. The molecule has 2 aromatic carbocycles. The molecule has 6 heteroatoms. The van der Waals surface area contributed by atoms with Gasteiger partial charge in [0.2, 0.25) is 0 Å². The number of hydrogen-bond acceptors (Lipinski definition) is 2. The van der Waals surface area contributed by atoms with Crippen LogP contribution in [-0.4, -0.2) is 11.7 Å². The largest absolute Gasteiger partial charge is 0.416 e. The van der Waals surface area contributed by atoms with Gasteiger partial charge in [-0.25, -0.2) is 0 Å². The van der Waals surface area contributed by atoms with E-state index in [1.807, 2.05) is 0 Å². The third kappa shape index (κ3) is 3.97.